The van der Waals surface area contributed by atoms with Crippen LogP contribution in [0.25, 0.3) is 0 Å². The van der Waals surface area contributed by atoms with Crippen LogP contribution in [0, 0.1) is 5.82 Å². The van der Waals surface area contributed by atoms with Gasteiger partial charge in [0.2, 0.25) is 0 Å². The highest BCUT2D eigenvalue weighted by Gasteiger charge is 2.17. The number of unbranched alkanes of at least 4 members (excludes halogenated alkanes) is 1. The Labute approximate surface area is 126 Å². The fraction of sp³-hybridized carbons (Fsp3) is 0.462. The number of hydrogen-bond donors (Lipinski definition) is 3. The average Bonchev–Trinajstić information content (AvgIpc) is 2.46. The zero-order valence-corrected chi connectivity index (χ0v) is 12.9. The van der Waals surface area contributed by atoms with Crippen molar-refractivity contribution in [3.05, 3.63) is 28.0 Å². The van der Waals surface area contributed by atoms with Crippen molar-refractivity contribution in [2.75, 3.05) is 24.6 Å². The molecule has 0 bridgehead atoms. The Bertz CT molecular complexity index is 483. The van der Waals surface area contributed by atoms with E-state index in [0.29, 0.717) is 18.8 Å². The Morgan fingerprint density at radius 3 is 2.70 bits per heavy atom. The van der Waals surface area contributed by atoms with E-state index >= 15 is 0 Å². The van der Waals surface area contributed by atoms with Crippen molar-refractivity contribution >= 4 is 27.5 Å². The number of amidine groups is 1. The van der Waals surface area contributed by atoms with Gasteiger partial charge in [0.25, 0.3) is 0 Å². The van der Waals surface area contributed by atoms with Crippen molar-refractivity contribution in [1.29, 1.82) is 0 Å². The van der Waals surface area contributed by atoms with Crippen LogP contribution in [0.2, 0.25) is 0 Å². The van der Waals surface area contributed by atoms with E-state index in [4.69, 9.17) is 16.0 Å². The number of benzene rings is 1. The highest BCUT2D eigenvalue weighted by Crippen LogP contribution is 2.29. The predicted octanol–water partition coefficient (Wildman–Crippen LogP) is 2.28. The first-order valence-electron chi connectivity index (χ1n) is 6.38. The number of rotatable bonds is 7. The van der Waals surface area contributed by atoms with Gasteiger partial charge in [-0.1, -0.05) is 18.5 Å². The minimum Gasteiger partial charge on any atom is -0.409 e. The van der Waals surface area contributed by atoms with Crippen molar-refractivity contribution in [2.24, 2.45) is 10.9 Å². The van der Waals surface area contributed by atoms with Crippen LogP contribution >= 0.6 is 15.9 Å². The Balaban J connectivity index is 3.14. The minimum atomic E-state index is -0.487. The largest absolute Gasteiger partial charge is 0.409 e. The van der Waals surface area contributed by atoms with Gasteiger partial charge in [-0.2, -0.15) is 0 Å². The van der Waals surface area contributed by atoms with Crippen molar-refractivity contribution in [3.63, 3.8) is 0 Å². The van der Waals surface area contributed by atoms with Gasteiger partial charge in [-0.05, 0) is 34.5 Å². The average molecular weight is 348 g/mol. The van der Waals surface area contributed by atoms with E-state index in [2.05, 4.69) is 21.1 Å². The summed E-state index contributed by atoms with van der Waals surface area (Å²) in [5.74, 6) is -0.650. The van der Waals surface area contributed by atoms with E-state index in [0.717, 1.165) is 12.8 Å². The Morgan fingerprint density at radius 1 is 1.45 bits per heavy atom. The van der Waals surface area contributed by atoms with E-state index in [1.54, 1.807) is 17.0 Å². The second-order valence-corrected chi connectivity index (χ2v) is 5.10. The highest BCUT2D eigenvalue weighted by atomic mass is 79.9. The molecular weight excluding hydrogens is 329 g/mol. The van der Waals surface area contributed by atoms with Crippen LogP contribution in [0.1, 0.15) is 25.3 Å². The lowest BCUT2D eigenvalue weighted by molar-refractivity contribution is 0.301. The summed E-state index contributed by atoms with van der Waals surface area (Å²) < 4.78 is 14.5. The topological polar surface area (TPSA) is 82.1 Å². The summed E-state index contributed by atoms with van der Waals surface area (Å²) in [6.45, 7) is 3.00. The molecule has 0 saturated heterocycles. The van der Waals surface area contributed by atoms with Gasteiger partial charge in [0, 0.05) is 18.7 Å². The second-order valence-electron chi connectivity index (χ2n) is 4.31. The van der Waals surface area contributed by atoms with Crippen LogP contribution in [-0.4, -0.2) is 35.8 Å². The molecule has 0 amide bonds. The molecule has 1 aromatic carbocycles. The zero-order chi connectivity index (χ0) is 15.1. The van der Waals surface area contributed by atoms with Crippen LogP contribution < -0.4 is 10.6 Å². The quantitative estimate of drug-likeness (QED) is 0.306. The zero-order valence-electron chi connectivity index (χ0n) is 11.3. The Morgan fingerprint density at radius 2 is 2.15 bits per heavy atom. The first kappa shape index (κ1) is 16.7. The molecule has 0 saturated carbocycles. The van der Waals surface area contributed by atoms with Gasteiger partial charge in [0.15, 0.2) is 11.7 Å². The number of oxime groups is 1. The number of halogens is 2. The molecule has 5 nitrogen and oxygen atoms in total. The van der Waals surface area contributed by atoms with Gasteiger partial charge in [0.05, 0.1) is 16.8 Å². The summed E-state index contributed by atoms with van der Waals surface area (Å²) in [5, 5.41) is 20.6. The molecule has 0 spiro atoms. The molecular formula is C13H19BrFN3O2. The Hall–Kier alpha value is -1.34. The third-order valence-corrected chi connectivity index (χ3v) is 3.71. The monoisotopic (exact) mass is 347 g/mol. The summed E-state index contributed by atoms with van der Waals surface area (Å²) in [4.78, 5) is 1.78. The van der Waals surface area contributed by atoms with Crippen LogP contribution in [0.3, 0.4) is 0 Å². The standard InChI is InChI=1S/C13H19BrFN3O2/c1-2-3-6-18(7-8-19)10-5-4-9(13(16)17-20)11(14)12(10)15/h4-5,19-20H,2-3,6-8H2,1H3,(H2,16,17). The lowest BCUT2D eigenvalue weighted by atomic mass is 10.1. The summed E-state index contributed by atoms with van der Waals surface area (Å²) >= 11 is 3.12. The van der Waals surface area contributed by atoms with Crippen LogP contribution in [0.15, 0.2) is 21.8 Å². The fourth-order valence-electron chi connectivity index (χ4n) is 1.86. The number of anilines is 1. The van der Waals surface area contributed by atoms with Gasteiger partial charge in [-0.3, -0.25) is 0 Å². The molecule has 0 fully saturated rings. The maximum Gasteiger partial charge on any atom is 0.171 e. The van der Waals surface area contributed by atoms with Gasteiger partial charge < -0.3 is 20.9 Å². The fourth-order valence-corrected chi connectivity index (χ4v) is 2.40. The summed E-state index contributed by atoms with van der Waals surface area (Å²) in [6, 6.07) is 3.15. The van der Waals surface area contributed by atoms with Gasteiger partial charge in [-0.25, -0.2) is 4.39 Å². The van der Waals surface area contributed by atoms with Crippen LogP contribution in [0.4, 0.5) is 10.1 Å². The molecule has 1 aromatic rings. The number of nitrogens with two attached hydrogens (primary N) is 1. The summed E-state index contributed by atoms with van der Waals surface area (Å²) in [5.41, 5.74) is 6.15. The maximum atomic E-state index is 14.4. The van der Waals surface area contributed by atoms with E-state index in [-0.39, 0.29) is 22.5 Å². The lowest BCUT2D eigenvalue weighted by Crippen LogP contribution is -2.29. The number of aliphatic hydroxyl groups excluding tert-OH is 1. The molecule has 20 heavy (non-hydrogen) atoms. The van der Waals surface area contributed by atoms with Crippen LogP contribution in [-0.2, 0) is 0 Å². The lowest BCUT2D eigenvalue weighted by Gasteiger charge is -2.25. The molecule has 0 radical (unpaired) electrons. The number of aliphatic hydroxyl groups is 1. The normalized spacial score (nSPS) is 11.7. The predicted molar refractivity (Wildman–Crippen MR) is 80.8 cm³/mol. The second kappa shape index (κ2) is 8.06. The highest BCUT2D eigenvalue weighted by molar-refractivity contribution is 9.10. The molecule has 7 heteroatoms. The molecule has 0 atom stereocenters. The molecule has 112 valence electrons. The van der Waals surface area contributed by atoms with Gasteiger partial charge in [0.1, 0.15) is 0 Å². The van der Waals surface area contributed by atoms with E-state index < -0.39 is 5.82 Å². The van der Waals surface area contributed by atoms with Gasteiger partial charge >= 0.3 is 0 Å². The van der Waals surface area contributed by atoms with Crippen molar-refractivity contribution in [3.8, 4) is 0 Å². The van der Waals surface area contributed by atoms with Crippen molar-refractivity contribution in [1.82, 2.24) is 0 Å². The van der Waals surface area contributed by atoms with Crippen molar-refractivity contribution < 1.29 is 14.7 Å². The third kappa shape index (κ3) is 3.83. The van der Waals surface area contributed by atoms with Crippen LogP contribution in [0.5, 0.6) is 0 Å². The maximum absolute atomic E-state index is 14.4. The molecule has 0 aliphatic heterocycles. The third-order valence-electron chi connectivity index (χ3n) is 2.94. The molecule has 0 aliphatic carbocycles. The molecule has 0 unspecified atom stereocenters. The number of hydrogen-bond acceptors (Lipinski definition) is 4. The first-order valence-corrected chi connectivity index (χ1v) is 7.17. The number of nitrogens with zero attached hydrogens (tertiary/aromatic N) is 2. The molecule has 0 heterocycles. The first-order chi connectivity index (χ1) is 9.56. The van der Waals surface area contributed by atoms with Gasteiger partial charge in [-0.15, -0.1) is 0 Å². The summed E-state index contributed by atoms with van der Waals surface area (Å²) in [7, 11) is 0. The SMILES string of the molecule is CCCCN(CCO)c1ccc(/C(N)=N/O)c(Br)c1F. The summed E-state index contributed by atoms with van der Waals surface area (Å²) in [6.07, 6.45) is 1.88. The Kier molecular flexibility index (Phi) is 6.74. The van der Waals surface area contributed by atoms with Crippen molar-refractivity contribution in [2.45, 2.75) is 19.8 Å². The molecule has 0 aliphatic rings. The molecule has 4 N–H and O–H groups in total. The minimum absolute atomic E-state index is 0.0528. The van der Waals surface area contributed by atoms with E-state index in [1.165, 1.54) is 0 Å². The van der Waals surface area contributed by atoms with E-state index in [1.807, 2.05) is 6.92 Å². The molecule has 1 rings (SSSR count). The smallest absolute Gasteiger partial charge is 0.171 e. The van der Waals surface area contributed by atoms with E-state index in [9.17, 15) is 4.39 Å². The molecule has 0 aromatic heterocycles.